The molecule has 2 heterocycles. The third-order valence-electron chi connectivity index (χ3n) is 4.55. The maximum absolute atomic E-state index is 12.8. The van der Waals surface area contributed by atoms with Crippen molar-refractivity contribution in [2.75, 3.05) is 32.0 Å². The van der Waals surface area contributed by atoms with Crippen molar-refractivity contribution in [3.8, 4) is 0 Å². The van der Waals surface area contributed by atoms with Gasteiger partial charge in [-0.15, -0.1) is 12.4 Å². The van der Waals surface area contributed by atoms with Crippen LogP contribution in [0.15, 0.2) is 36.7 Å². The summed E-state index contributed by atoms with van der Waals surface area (Å²) in [5, 5.41) is 10.8. The quantitative estimate of drug-likeness (QED) is 0.787. The molecular formula is C18H23Cl2N5O2. The molecule has 2 amide bonds. The summed E-state index contributed by atoms with van der Waals surface area (Å²) in [6, 6.07) is 6.92. The maximum atomic E-state index is 12.8. The van der Waals surface area contributed by atoms with E-state index >= 15 is 0 Å². The van der Waals surface area contributed by atoms with Crippen LogP contribution in [0.1, 0.15) is 11.5 Å². The zero-order valence-corrected chi connectivity index (χ0v) is 16.8. The van der Waals surface area contributed by atoms with Crippen LogP contribution in [0.4, 0.5) is 5.69 Å². The average Bonchev–Trinajstić information content (AvgIpc) is 3.22. The second-order valence-corrected chi connectivity index (χ2v) is 7.01. The number of nitrogens with one attached hydrogen (secondary N) is 2. The summed E-state index contributed by atoms with van der Waals surface area (Å²) in [5.74, 6) is -0.449. The minimum atomic E-state index is -0.257. The summed E-state index contributed by atoms with van der Waals surface area (Å²) < 4.78 is 1.73. The average molecular weight is 412 g/mol. The lowest BCUT2D eigenvalue weighted by Crippen LogP contribution is -2.40. The first-order chi connectivity index (χ1) is 12.4. The number of likely N-dealkylation sites (N-methyl/N-ethyl adjacent to an activating group) is 1. The van der Waals surface area contributed by atoms with Gasteiger partial charge in [0.1, 0.15) is 0 Å². The molecule has 2 aromatic rings. The first-order valence-electron chi connectivity index (χ1n) is 8.43. The van der Waals surface area contributed by atoms with Gasteiger partial charge in [0.2, 0.25) is 11.8 Å². The smallest absolute Gasteiger partial charge is 0.243 e. The van der Waals surface area contributed by atoms with Crippen LogP contribution in [0, 0.1) is 5.92 Å². The molecule has 0 aliphatic carbocycles. The van der Waals surface area contributed by atoms with Gasteiger partial charge in [0.15, 0.2) is 0 Å². The molecule has 1 aliphatic rings. The molecule has 0 spiro atoms. The molecule has 0 radical (unpaired) electrons. The molecule has 0 unspecified atom stereocenters. The first-order valence-corrected chi connectivity index (χ1v) is 8.81. The van der Waals surface area contributed by atoms with E-state index < -0.39 is 0 Å². The van der Waals surface area contributed by atoms with Crippen LogP contribution < -0.4 is 10.6 Å². The Morgan fingerprint density at radius 3 is 2.85 bits per heavy atom. The van der Waals surface area contributed by atoms with Crippen LogP contribution in [0.2, 0.25) is 5.02 Å². The van der Waals surface area contributed by atoms with Crippen molar-refractivity contribution in [1.82, 2.24) is 20.0 Å². The minimum absolute atomic E-state index is 0. The van der Waals surface area contributed by atoms with Crippen LogP contribution in [0.3, 0.4) is 0 Å². The van der Waals surface area contributed by atoms with E-state index in [0.29, 0.717) is 17.3 Å². The fraction of sp³-hybridized carbons (Fsp3) is 0.389. The Balaban J connectivity index is 0.00000261. The van der Waals surface area contributed by atoms with E-state index in [1.165, 1.54) is 4.90 Å². The molecule has 7 nitrogen and oxygen atoms in total. The number of hydrogen-bond donors (Lipinski definition) is 2. The summed E-state index contributed by atoms with van der Waals surface area (Å²) in [4.78, 5) is 26.5. The Morgan fingerprint density at radius 2 is 2.19 bits per heavy atom. The predicted octanol–water partition coefficient (Wildman–Crippen LogP) is 1.90. The lowest BCUT2D eigenvalue weighted by Gasteiger charge is -2.23. The Labute approximate surface area is 169 Å². The topological polar surface area (TPSA) is 79.3 Å². The fourth-order valence-corrected chi connectivity index (χ4v) is 3.45. The van der Waals surface area contributed by atoms with Crippen molar-refractivity contribution in [2.45, 2.75) is 5.92 Å². The van der Waals surface area contributed by atoms with Gasteiger partial charge in [0, 0.05) is 50.0 Å². The van der Waals surface area contributed by atoms with Gasteiger partial charge in [0.05, 0.1) is 18.7 Å². The maximum Gasteiger partial charge on any atom is 0.243 e. The molecule has 1 fully saturated rings. The van der Waals surface area contributed by atoms with Crippen LogP contribution in [0.25, 0.3) is 0 Å². The second-order valence-electron chi connectivity index (χ2n) is 6.57. The summed E-state index contributed by atoms with van der Waals surface area (Å²) in [7, 11) is 3.51. The molecule has 3 rings (SSSR count). The van der Waals surface area contributed by atoms with Crippen molar-refractivity contribution < 1.29 is 9.59 Å². The Morgan fingerprint density at radius 1 is 1.41 bits per heavy atom. The Bertz CT molecular complexity index is 811. The third kappa shape index (κ3) is 5.22. The number of halogens is 2. The molecule has 0 saturated carbocycles. The van der Waals surface area contributed by atoms with Gasteiger partial charge >= 0.3 is 0 Å². The molecule has 146 valence electrons. The molecule has 27 heavy (non-hydrogen) atoms. The SMILES string of the molecule is CN(CC(=O)Nc1cccc(Cl)c1)C(=O)[C@H]1CNC[C@@H]1c1cnn(C)c1.Cl. The molecule has 1 aliphatic heterocycles. The van der Waals surface area contributed by atoms with Gasteiger partial charge in [-0.1, -0.05) is 17.7 Å². The molecule has 9 heteroatoms. The number of benzene rings is 1. The fourth-order valence-electron chi connectivity index (χ4n) is 3.26. The van der Waals surface area contributed by atoms with Gasteiger partial charge in [-0.05, 0) is 23.8 Å². The van der Waals surface area contributed by atoms with Crippen LogP contribution in [-0.2, 0) is 16.6 Å². The zero-order chi connectivity index (χ0) is 18.7. The summed E-state index contributed by atoms with van der Waals surface area (Å²) in [6.45, 7) is 1.31. The molecule has 2 N–H and O–H groups in total. The van der Waals surface area contributed by atoms with E-state index in [1.54, 1.807) is 42.2 Å². The van der Waals surface area contributed by atoms with Gasteiger partial charge in [-0.25, -0.2) is 0 Å². The number of carbonyl (C=O) groups excluding carboxylic acids is 2. The number of aromatic nitrogens is 2. The molecule has 1 saturated heterocycles. The third-order valence-corrected chi connectivity index (χ3v) is 4.78. The first kappa shape index (κ1) is 21.2. The largest absolute Gasteiger partial charge is 0.336 e. The molecule has 0 bridgehead atoms. The second kappa shape index (κ2) is 9.21. The highest BCUT2D eigenvalue weighted by atomic mass is 35.5. The number of amides is 2. The van der Waals surface area contributed by atoms with Crippen molar-refractivity contribution >= 4 is 41.5 Å². The Kier molecular flexibility index (Phi) is 7.24. The highest BCUT2D eigenvalue weighted by Crippen LogP contribution is 2.29. The van der Waals surface area contributed by atoms with E-state index in [4.69, 9.17) is 11.6 Å². The van der Waals surface area contributed by atoms with Gasteiger partial charge in [-0.2, -0.15) is 5.10 Å². The number of nitrogens with zero attached hydrogens (tertiary/aromatic N) is 3. The van der Waals surface area contributed by atoms with E-state index in [1.807, 2.05) is 13.2 Å². The van der Waals surface area contributed by atoms with Crippen molar-refractivity contribution in [3.63, 3.8) is 0 Å². The number of rotatable bonds is 5. The highest BCUT2D eigenvalue weighted by molar-refractivity contribution is 6.30. The number of aryl methyl sites for hydroxylation is 1. The lowest BCUT2D eigenvalue weighted by atomic mass is 9.90. The van der Waals surface area contributed by atoms with E-state index in [2.05, 4.69) is 15.7 Å². The monoisotopic (exact) mass is 411 g/mol. The molecule has 1 aromatic carbocycles. The molecule has 2 atom stereocenters. The zero-order valence-electron chi connectivity index (χ0n) is 15.2. The minimum Gasteiger partial charge on any atom is -0.336 e. The van der Waals surface area contributed by atoms with Gasteiger partial charge in [-0.3, -0.25) is 14.3 Å². The molecule has 1 aromatic heterocycles. The van der Waals surface area contributed by atoms with Crippen molar-refractivity contribution in [1.29, 1.82) is 0 Å². The van der Waals surface area contributed by atoms with Crippen LogP contribution >= 0.6 is 24.0 Å². The van der Waals surface area contributed by atoms with Crippen molar-refractivity contribution in [3.05, 3.63) is 47.2 Å². The number of anilines is 1. The van der Waals surface area contributed by atoms with Gasteiger partial charge < -0.3 is 15.5 Å². The van der Waals surface area contributed by atoms with E-state index in [0.717, 1.165) is 12.1 Å². The summed E-state index contributed by atoms with van der Waals surface area (Å²) >= 11 is 5.92. The Hall–Kier alpha value is -2.09. The van der Waals surface area contributed by atoms with Crippen LogP contribution in [-0.4, -0.2) is 53.2 Å². The van der Waals surface area contributed by atoms with E-state index in [-0.39, 0.29) is 42.6 Å². The lowest BCUT2D eigenvalue weighted by molar-refractivity contribution is -0.136. The van der Waals surface area contributed by atoms with Crippen LogP contribution in [0.5, 0.6) is 0 Å². The highest BCUT2D eigenvalue weighted by Gasteiger charge is 2.36. The van der Waals surface area contributed by atoms with E-state index in [9.17, 15) is 9.59 Å². The molecular weight excluding hydrogens is 389 g/mol. The normalized spacial score (nSPS) is 18.6. The summed E-state index contributed by atoms with van der Waals surface area (Å²) in [5.41, 5.74) is 1.65. The predicted molar refractivity (Wildman–Crippen MR) is 107 cm³/mol. The number of hydrogen-bond acceptors (Lipinski definition) is 4. The number of carbonyl (C=O) groups is 2. The van der Waals surface area contributed by atoms with Crippen molar-refractivity contribution in [2.24, 2.45) is 13.0 Å². The summed E-state index contributed by atoms with van der Waals surface area (Å²) in [6.07, 6.45) is 3.73. The van der Waals surface area contributed by atoms with Gasteiger partial charge in [0.25, 0.3) is 0 Å². The standard InChI is InChI=1S/C18H22ClN5O2.ClH/c1-23(11-17(25)22-14-5-3-4-13(19)6-14)18(26)16-9-20-8-15(16)12-7-21-24(2)10-12;/h3-7,10,15-16,20H,8-9,11H2,1-2H3,(H,22,25);1H/t15-,16+;/m1./s1.